The van der Waals surface area contributed by atoms with E-state index in [4.69, 9.17) is 44.3 Å². The van der Waals surface area contributed by atoms with Crippen LogP contribution in [0.15, 0.2) is 48.5 Å². The number of nitrogens with one attached hydrogen (secondary N) is 1. The molecule has 1 saturated carbocycles. The fourth-order valence-corrected chi connectivity index (χ4v) is 6.17. The molecule has 0 spiro atoms. The third-order valence-corrected chi connectivity index (χ3v) is 8.67. The number of ether oxygens (including phenoxy) is 2. The van der Waals surface area contributed by atoms with Crippen molar-refractivity contribution < 1.29 is 55.0 Å². The first-order valence-electron chi connectivity index (χ1n) is 15.3. The van der Waals surface area contributed by atoms with Crippen LogP contribution in [0, 0.1) is 23.4 Å². The molecule has 2 atom stereocenters. The number of nitrogens with zero attached hydrogens (tertiary/aromatic N) is 1. The molecule has 280 valence electrons. The van der Waals surface area contributed by atoms with Crippen molar-refractivity contribution in [2.45, 2.75) is 75.6 Å². The molecule has 0 heterocycles. The molecule has 17 heteroatoms. The van der Waals surface area contributed by atoms with Gasteiger partial charge < -0.3 is 14.8 Å². The first-order chi connectivity index (χ1) is 23.7. The van der Waals surface area contributed by atoms with Gasteiger partial charge in [-0.3, -0.25) is 9.59 Å². The third kappa shape index (κ3) is 9.13. The molecule has 1 N–H and O–H groups in total. The predicted molar refractivity (Wildman–Crippen MR) is 181 cm³/mol. The number of hydrogen-bond donors (Lipinski definition) is 1. The lowest BCUT2D eigenvalue weighted by Gasteiger charge is -2.29. The van der Waals surface area contributed by atoms with Crippen LogP contribution in [0.5, 0.6) is 0 Å². The van der Waals surface area contributed by atoms with Crippen molar-refractivity contribution in [2.24, 2.45) is 5.92 Å². The van der Waals surface area contributed by atoms with Crippen LogP contribution in [0.3, 0.4) is 0 Å². The number of alkyl halides is 5. The smallest absolute Gasteiger partial charge is 0.424 e. The van der Waals surface area contributed by atoms with E-state index in [0.29, 0.717) is 12.1 Å². The summed E-state index contributed by atoms with van der Waals surface area (Å²) >= 11 is 18.8. The number of ketones is 1. The second-order valence-corrected chi connectivity index (χ2v) is 15.7. The van der Waals surface area contributed by atoms with Crippen LogP contribution in [-0.4, -0.2) is 39.4 Å². The number of Topliss-reactive ketones (excluding diaryl/α,β-unsaturated/α-hetero) is 1. The zero-order valence-corrected chi connectivity index (χ0v) is 30.5. The Morgan fingerprint density at radius 3 is 1.92 bits per heavy atom. The normalized spacial score (nSPS) is 16.9. The number of benzene rings is 3. The molecule has 0 radical (unpaired) electrons. The predicted octanol–water partition coefficient (Wildman–Crippen LogP) is 10.4. The topological polar surface area (TPSA) is 102 Å². The van der Waals surface area contributed by atoms with Gasteiger partial charge in [0.15, 0.2) is 17.4 Å². The summed E-state index contributed by atoms with van der Waals surface area (Å²) in [6, 6.07) is 7.42. The molecule has 0 unspecified atom stereocenters. The van der Waals surface area contributed by atoms with Crippen LogP contribution in [0.2, 0.25) is 5.02 Å². The molecule has 1 aliphatic rings. The highest BCUT2D eigenvalue weighted by Gasteiger charge is 2.67. The van der Waals surface area contributed by atoms with Crippen molar-refractivity contribution in [3.63, 3.8) is 0 Å². The maximum atomic E-state index is 16.0. The van der Waals surface area contributed by atoms with Gasteiger partial charge in [0.1, 0.15) is 27.0 Å². The van der Waals surface area contributed by atoms with Crippen LogP contribution in [0.25, 0.3) is 0 Å². The number of rotatable bonds is 7. The standard InChI is InChI=1S/C35H31Cl3F6N2O6/c1-32(2,3)51-30(49)46(31(50)52-33(4,5)6)28-23(40)12-8-17(27(28)41)14-24(47)19-15-18(9-10-21(19)36)45-29(48)26-25(34(26,37)38)16-7-11-22(39)20(13-16)35(42,43)44/h7-13,15,25-26H,14H2,1-6H3,(H,45,48)/t25-,26+/m0/s1. The molecule has 3 aromatic rings. The summed E-state index contributed by atoms with van der Waals surface area (Å²) in [5, 5.41) is 2.31. The number of imide groups is 1. The van der Waals surface area contributed by atoms with Gasteiger partial charge in [-0.2, -0.15) is 18.1 Å². The molecule has 3 amide bonds. The minimum Gasteiger partial charge on any atom is -0.443 e. The van der Waals surface area contributed by atoms with E-state index in [0.717, 1.165) is 24.3 Å². The minimum atomic E-state index is -5.02. The average molecular weight is 796 g/mol. The Morgan fingerprint density at radius 1 is 0.827 bits per heavy atom. The quantitative estimate of drug-likeness (QED) is 0.145. The highest BCUT2D eigenvalue weighted by Crippen LogP contribution is 2.65. The van der Waals surface area contributed by atoms with Crippen molar-refractivity contribution in [1.29, 1.82) is 0 Å². The highest BCUT2D eigenvalue weighted by atomic mass is 35.5. The lowest BCUT2D eigenvalue weighted by atomic mass is 10.0. The Bertz CT molecular complexity index is 1910. The molecule has 0 aliphatic heterocycles. The fourth-order valence-electron chi connectivity index (χ4n) is 5.12. The van der Waals surface area contributed by atoms with Crippen molar-refractivity contribution in [2.75, 3.05) is 10.2 Å². The Hall–Kier alpha value is -4.01. The zero-order valence-electron chi connectivity index (χ0n) is 28.3. The monoisotopic (exact) mass is 794 g/mol. The second-order valence-electron chi connectivity index (χ2n) is 13.8. The number of carbonyl (C=O) groups excluding carboxylic acids is 4. The molecule has 1 fully saturated rings. The Labute approximate surface area is 309 Å². The van der Waals surface area contributed by atoms with E-state index in [2.05, 4.69) is 5.32 Å². The molecule has 0 bridgehead atoms. The second kappa shape index (κ2) is 14.4. The SMILES string of the molecule is CC(C)(C)OC(=O)N(C(=O)OC(C)(C)C)c1c(F)ccc(CC(=O)c2cc(NC(=O)[C@H]3[C@H](c4ccc(F)c(C(F)(F)F)c4)C3(Cl)Cl)ccc2Cl)c1F. The molecule has 0 aromatic heterocycles. The van der Waals surface area contributed by atoms with E-state index in [1.165, 1.54) is 53.7 Å². The highest BCUT2D eigenvalue weighted by molar-refractivity contribution is 6.53. The molecule has 4 rings (SSSR count). The minimum absolute atomic E-state index is 0.0380. The van der Waals surface area contributed by atoms with Crippen molar-refractivity contribution in [3.8, 4) is 0 Å². The van der Waals surface area contributed by atoms with Gasteiger partial charge in [-0.15, -0.1) is 23.2 Å². The van der Waals surface area contributed by atoms with Gasteiger partial charge in [-0.25, -0.2) is 22.8 Å². The molecular weight excluding hydrogens is 765 g/mol. The lowest BCUT2D eigenvalue weighted by Crippen LogP contribution is -2.44. The van der Waals surface area contributed by atoms with E-state index >= 15 is 8.78 Å². The van der Waals surface area contributed by atoms with Gasteiger partial charge in [-0.05, 0) is 89.1 Å². The maximum absolute atomic E-state index is 16.0. The van der Waals surface area contributed by atoms with Crippen LogP contribution in [0.4, 0.5) is 47.3 Å². The summed E-state index contributed by atoms with van der Waals surface area (Å²) in [5.41, 5.74) is -5.99. The number of hydrogen-bond acceptors (Lipinski definition) is 6. The van der Waals surface area contributed by atoms with Crippen molar-refractivity contribution in [3.05, 3.63) is 93.3 Å². The van der Waals surface area contributed by atoms with Crippen molar-refractivity contribution in [1.82, 2.24) is 0 Å². The molecule has 8 nitrogen and oxygen atoms in total. The molecule has 1 aliphatic carbocycles. The Balaban J connectivity index is 1.60. The number of carbonyl (C=O) groups is 4. The average Bonchev–Trinajstić information content (AvgIpc) is 3.56. The summed E-state index contributed by atoms with van der Waals surface area (Å²) < 4.78 is 93.4. The van der Waals surface area contributed by atoms with E-state index in [-0.39, 0.29) is 26.7 Å². The number of anilines is 2. The van der Waals surface area contributed by atoms with Gasteiger partial charge in [0.05, 0.1) is 16.5 Å². The third-order valence-electron chi connectivity index (χ3n) is 7.40. The van der Waals surface area contributed by atoms with E-state index in [1.54, 1.807) is 0 Å². The van der Waals surface area contributed by atoms with Crippen LogP contribution < -0.4 is 10.2 Å². The lowest BCUT2D eigenvalue weighted by molar-refractivity contribution is -0.140. The fraction of sp³-hybridized carbons (Fsp3) is 0.371. The van der Waals surface area contributed by atoms with Gasteiger partial charge in [0.25, 0.3) is 0 Å². The van der Waals surface area contributed by atoms with Gasteiger partial charge in [0, 0.05) is 23.6 Å². The molecule has 3 aromatic carbocycles. The summed E-state index contributed by atoms with van der Waals surface area (Å²) in [7, 11) is 0. The summed E-state index contributed by atoms with van der Waals surface area (Å²) in [5.74, 6) is -8.47. The maximum Gasteiger partial charge on any atom is 0.424 e. The number of amides is 3. The van der Waals surface area contributed by atoms with Gasteiger partial charge in [0.2, 0.25) is 5.91 Å². The molecule has 0 saturated heterocycles. The first kappa shape index (κ1) is 40.8. The van der Waals surface area contributed by atoms with Crippen LogP contribution in [-0.2, 0) is 26.9 Å². The van der Waals surface area contributed by atoms with E-state index in [9.17, 15) is 36.7 Å². The van der Waals surface area contributed by atoms with Gasteiger partial charge >= 0.3 is 18.4 Å². The van der Waals surface area contributed by atoms with E-state index < -0.39 is 98.1 Å². The largest absolute Gasteiger partial charge is 0.443 e. The number of halogens is 9. The molecular formula is C35H31Cl3F6N2O6. The van der Waals surface area contributed by atoms with E-state index in [1.807, 2.05) is 0 Å². The van der Waals surface area contributed by atoms with Gasteiger partial charge in [-0.1, -0.05) is 23.7 Å². The Kier molecular flexibility index (Phi) is 11.3. The van der Waals surface area contributed by atoms with Crippen LogP contribution >= 0.6 is 34.8 Å². The van der Waals surface area contributed by atoms with Crippen LogP contribution in [0.1, 0.15) is 74.5 Å². The summed E-state index contributed by atoms with van der Waals surface area (Å²) in [6.07, 6.45) is -8.71. The summed E-state index contributed by atoms with van der Waals surface area (Å²) in [4.78, 5) is 52.8. The Morgan fingerprint density at radius 2 is 1.38 bits per heavy atom. The summed E-state index contributed by atoms with van der Waals surface area (Å²) in [6.45, 7) is 8.77. The van der Waals surface area contributed by atoms with Crippen molar-refractivity contribution >= 4 is 70.1 Å². The molecule has 52 heavy (non-hydrogen) atoms. The zero-order chi connectivity index (χ0) is 39.3. The first-order valence-corrected chi connectivity index (χ1v) is 16.5.